The Labute approximate surface area is 139 Å². The lowest BCUT2D eigenvalue weighted by molar-refractivity contribution is 0.399. The Hall–Kier alpha value is -0.660. The smallest absolute Gasteiger partial charge is 0.241 e. The molecule has 0 radical (unpaired) electrons. The monoisotopic (exact) mass is 347 g/mol. The second kappa shape index (κ2) is 7.75. The van der Waals surface area contributed by atoms with E-state index in [1.165, 1.54) is 0 Å². The SMILES string of the molecule is CN(C)Cc1ccc(S(=O)(=O)NC2(CN)CCCC2)cc1.Cl. The van der Waals surface area contributed by atoms with Gasteiger partial charge in [0.05, 0.1) is 4.90 Å². The number of hydrogen-bond acceptors (Lipinski definition) is 4. The highest BCUT2D eigenvalue weighted by Gasteiger charge is 2.36. The van der Waals surface area contributed by atoms with E-state index in [4.69, 9.17) is 5.73 Å². The summed E-state index contributed by atoms with van der Waals surface area (Å²) in [6.45, 7) is 1.14. The third-order valence-electron chi connectivity index (χ3n) is 4.03. The summed E-state index contributed by atoms with van der Waals surface area (Å²) >= 11 is 0. The zero-order valence-corrected chi connectivity index (χ0v) is 14.8. The van der Waals surface area contributed by atoms with Crippen molar-refractivity contribution in [3.63, 3.8) is 0 Å². The highest BCUT2D eigenvalue weighted by Crippen LogP contribution is 2.30. The van der Waals surface area contributed by atoms with Gasteiger partial charge < -0.3 is 10.6 Å². The highest BCUT2D eigenvalue weighted by atomic mass is 35.5. The summed E-state index contributed by atoms with van der Waals surface area (Å²) in [6, 6.07) is 7.05. The van der Waals surface area contributed by atoms with E-state index in [9.17, 15) is 8.42 Å². The maximum Gasteiger partial charge on any atom is 0.241 e. The van der Waals surface area contributed by atoms with Crippen molar-refractivity contribution in [1.82, 2.24) is 9.62 Å². The van der Waals surface area contributed by atoms with Gasteiger partial charge in [-0.05, 0) is 44.6 Å². The molecule has 2 rings (SSSR count). The molecule has 1 saturated carbocycles. The molecular formula is C15H26ClN3O2S. The molecular weight excluding hydrogens is 322 g/mol. The van der Waals surface area contributed by atoms with Crippen molar-refractivity contribution in [2.45, 2.75) is 42.7 Å². The van der Waals surface area contributed by atoms with E-state index < -0.39 is 15.6 Å². The average Bonchev–Trinajstić information content (AvgIpc) is 2.87. The Balaban J connectivity index is 0.00000242. The summed E-state index contributed by atoms with van der Waals surface area (Å²) in [7, 11) is 0.464. The average molecular weight is 348 g/mol. The van der Waals surface area contributed by atoms with Gasteiger partial charge in [0.15, 0.2) is 0 Å². The van der Waals surface area contributed by atoms with Crippen LogP contribution in [-0.2, 0) is 16.6 Å². The van der Waals surface area contributed by atoms with Gasteiger partial charge in [-0.1, -0.05) is 25.0 Å². The van der Waals surface area contributed by atoms with Crippen LogP contribution in [0.1, 0.15) is 31.2 Å². The molecule has 0 amide bonds. The predicted molar refractivity (Wildman–Crippen MR) is 91.7 cm³/mol. The van der Waals surface area contributed by atoms with Crippen LogP contribution in [0.15, 0.2) is 29.2 Å². The van der Waals surface area contributed by atoms with Gasteiger partial charge in [0, 0.05) is 18.6 Å². The molecule has 7 heteroatoms. The standard InChI is InChI=1S/C15H25N3O2S.ClH/c1-18(2)11-13-5-7-14(8-6-13)21(19,20)17-15(12-16)9-3-4-10-15;/h5-8,17H,3-4,9-12,16H2,1-2H3;1H. The third-order valence-corrected chi connectivity index (χ3v) is 5.63. The zero-order valence-electron chi connectivity index (χ0n) is 13.2. The fourth-order valence-corrected chi connectivity index (χ4v) is 4.35. The van der Waals surface area contributed by atoms with E-state index in [-0.39, 0.29) is 12.4 Å². The lowest BCUT2D eigenvalue weighted by Crippen LogP contribution is -2.51. The van der Waals surface area contributed by atoms with Gasteiger partial charge in [-0.25, -0.2) is 13.1 Å². The molecule has 22 heavy (non-hydrogen) atoms. The maximum absolute atomic E-state index is 12.5. The number of sulfonamides is 1. The van der Waals surface area contributed by atoms with Gasteiger partial charge in [-0.2, -0.15) is 0 Å². The second-order valence-electron chi connectivity index (χ2n) is 6.18. The number of nitrogens with one attached hydrogen (secondary N) is 1. The molecule has 0 aromatic heterocycles. The summed E-state index contributed by atoms with van der Waals surface area (Å²) in [5.41, 5.74) is 6.43. The number of halogens is 1. The van der Waals surface area contributed by atoms with Crippen LogP contribution in [0.4, 0.5) is 0 Å². The number of benzene rings is 1. The van der Waals surface area contributed by atoms with Crippen LogP contribution >= 0.6 is 12.4 Å². The van der Waals surface area contributed by atoms with Crippen molar-refractivity contribution in [3.8, 4) is 0 Å². The molecule has 5 nitrogen and oxygen atoms in total. The molecule has 0 spiro atoms. The minimum atomic E-state index is -3.50. The molecule has 0 unspecified atom stereocenters. The van der Waals surface area contributed by atoms with Gasteiger partial charge in [-0.15, -0.1) is 12.4 Å². The molecule has 126 valence electrons. The van der Waals surface area contributed by atoms with Gasteiger partial charge in [0.2, 0.25) is 10.0 Å². The Morgan fingerprint density at radius 1 is 1.18 bits per heavy atom. The van der Waals surface area contributed by atoms with Crippen molar-refractivity contribution < 1.29 is 8.42 Å². The first kappa shape index (κ1) is 19.4. The molecule has 1 aromatic rings. The van der Waals surface area contributed by atoms with Crippen LogP contribution in [0.25, 0.3) is 0 Å². The molecule has 1 aromatic carbocycles. The predicted octanol–water partition coefficient (Wildman–Crippen LogP) is 1.72. The number of nitrogens with two attached hydrogens (primary N) is 1. The summed E-state index contributed by atoms with van der Waals surface area (Å²) in [4.78, 5) is 2.36. The second-order valence-corrected chi connectivity index (χ2v) is 7.86. The van der Waals surface area contributed by atoms with Crippen LogP contribution in [-0.4, -0.2) is 39.5 Å². The van der Waals surface area contributed by atoms with E-state index in [1.807, 2.05) is 31.1 Å². The molecule has 0 heterocycles. The Morgan fingerprint density at radius 3 is 2.18 bits per heavy atom. The first-order valence-corrected chi connectivity index (χ1v) is 8.83. The van der Waals surface area contributed by atoms with E-state index in [1.54, 1.807) is 12.1 Å². The molecule has 3 N–H and O–H groups in total. The van der Waals surface area contributed by atoms with Crippen molar-refractivity contribution >= 4 is 22.4 Å². The Kier molecular flexibility index (Phi) is 6.83. The van der Waals surface area contributed by atoms with Gasteiger partial charge in [0.25, 0.3) is 0 Å². The van der Waals surface area contributed by atoms with Crippen molar-refractivity contribution in [2.24, 2.45) is 5.73 Å². The largest absolute Gasteiger partial charge is 0.329 e. The number of hydrogen-bond donors (Lipinski definition) is 2. The molecule has 0 aliphatic heterocycles. The number of nitrogens with zero attached hydrogens (tertiary/aromatic N) is 1. The Bertz CT molecular complexity index is 567. The quantitative estimate of drug-likeness (QED) is 0.821. The van der Waals surface area contributed by atoms with Crippen LogP contribution < -0.4 is 10.5 Å². The molecule has 1 aliphatic carbocycles. The molecule has 0 atom stereocenters. The van der Waals surface area contributed by atoms with E-state index in [0.29, 0.717) is 11.4 Å². The third kappa shape index (κ3) is 4.67. The summed E-state index contributed by atoms with van der Waals surface area (Å²) in [6.07, 6.45) is 3.70. The highest BCUT2D eigenvalue weighted by molar-refractivity contribution is 7.89. The molecule has 1 fully saturated rings. The normalized spacial score (nSPS) is 17.5. The van der Waals surface area contributed by atoms with Crippen molar-refractivity contribution in [3.05, 3.63) is 29.8 Å². The topological polar surface area (TPSA) is 75.4 Å². The molecule has 0 saturated heterocycles. The van der Waals surface area contributed by atoms with Gasteiger partial charge in [-0.3, -0.25) is 0 Å². The maximum atomic E-state index is 12.5. The summed E-state index contributed by atoms with van der Waals surface area (Å²) < 4.78 is 27.8. The van der Waals surface area contributed by atoms with Crippen LogP contribution in [0, 0.1) is 0 Å². The van der Waals surface area contributed by atoms with Crippen molar-refractivity contribution in [1.29, 1.82) is 0 Å². The number of rotatable bonds is 6. The lowest BCUT2D eigenvalue weighted by Gasteiger charge is -2.28. The minimum Gasteiger partial charge on any atom is -0.329 e. The van der Waals surface area contributed by atoms with E-state index in [2.05, 4.69) is 4.72 Å². The summed E-state index contributed by atoms with van der Waals surface area (Å²) in [5.74, 6) is 0. The minimum absolute atomic E-state index is 0. The van der Waals surface area contributed by atoms with Crippen LogP contribution in [0.3, 0.4) is 0 Å². The van der Waals surface area contributed by atoms with Crippen molar-refractivity contribution in [2.75, 3.05) is 20.6 Å². The van der Waals surface area contributed by atoms with Gasteiger partial charge in [0.1, 0.15) is 0 Å². The Morgan fingerprint density at radius 2 is 1.73 bits per heavy atom. The fraction of sp³-hybridized carbons (Fsp3) is 0.600. The summed E-state index contributed by atoms with van der Waals surface area (Å²) in [5, 5.41) is 0. The van der Waals surface area contributed by atoms with Crippen LogP contribution in [0.2, 0.25) is 0 Å². The molecule has 1 aliphatic rings. The first-order chi connectivity index (χ1) is 9.87. The molecule has 0 bridgehead atoms. The fourth-order valence-electron chi connectivity index (χ4n) is 2.88. The lowest BCUT2D eigenvalue weighted by atomic mass is 10.0. The van der Waals surface area contributed by atoms with Crippen LogP contribution in [0.5, 0.6) is 0 Å². The zero-order chi connectivity index (χ0) is 15.5. The van der Waals surface area contributed by atoms with E-state index in [0.717, 1.165) is 37.8 Å². The first-order valence-electron chi connectivity index (χ1n) is 7.35. The van der Waals surface area contributed by atoms with Gasteiger partial charge >= 0.3 is 0 Å². The van der Waals surface area contributed by atoms with E-state index >= 15 is 0 Å².